The van der Waals surface area contributed by atoms with E-state index in [4.69, 9.17) is 11.6 Å². The first-order chi connectivity index (χ1) is 6.88. The fraction of sp³-hybridized carbons (Fsp3) is 0.417. The molecule has 0 saturated heterocycles. The molecule has 1 N–H and O–H groups in total. The number of benzene rings is 1. The van der Waals surface area contributed by atoms with Gasteiger partial charge in [0.15, 0.2) is 0 Å². The molecule has 0 saturated carbocycles. The number of hydrogen-bond acceptors (Lipinski definition) is 1. The van der Waals surface area contributed by atoms with Crippen molar-refractivity contribution < 1.29 is 4.79 Å². The van der Waals surface area contributed by atoms with Crippen molar-refractivity contribution in [2.75, 3.05) is 5.32 Å². The van der Waals surface area contributed by atoms with Gasteiger partial charge in [0, 0.05) is 0 Å². The van der Waals surface area contributed by atoms with E-state index in [0.717, 1.165) is 11.3 Å². The fourth-order valence-electron chi connectivity index (χ4n) is 1.73. The Balaban J connectivity index is 2.54. The first kappa shape index (κ1) is 10.5. The summed E-state index contributed by atoms with van der Waals surface area (Å²) >= 11 is 6.13. The highest BCUT2D eigenvalue weighted by Gasteiger charge is 2.24. The van der Waals surface area contributed by atoms with Gasteiger partial charge >= 0.3 is 0 Å². The van der Waals surface area contributed by atoms with E-state index in [2.05, 4.69) is 32.2 Å². The molecule has 0 aliphatic carbocycles. The summed E-state index contributed by atoms with van der Waals surface area (Å²) in [6.45, 7) is 6.40. The van der Waals surface area contributed by atoms with Gasteiger partial charge in [0.1, 0.15) is 0 Å². The SMILES string of the molecule is CC(C)(C)c1cc(Cl)c2c(c1)CC(=O)N2. The van der Waals surface area contributed by atoms with Crippen molar-refractivity contribution in [3.8, 4) is 0 Å². The van der Waals surface area contributed by atoms with Crippen LogP contribution in [0.15, 0.2) is 12.1 Å². The van der Waals surface area contributed by atoms with E-state index in [-0.39, 0.29) is 11.3 Å². The highest BCUT2D eigenvalue weighted by atomic mass is 35.5. The molecule has 1 heterocycles. The second-order valence-electron chi connectivity index (χ2n) is 4.97. The van der Waals surface area contributed by atoms with E-state index in [1.807, 2.05) is 6.07 Å². The number of rotatable bonds is 0. The van der Waals surface area contributed by atoms with Crippen molar-refractivity contribution in [1.82, 2.24) is 0 Å². The molecule has 0 unspecified atom stereocenters. The van der Waals surface area contributed by atoms with Crippen LogP contribution in [0.5, 0.6) is 0 Å². The summed E-state index contributed by atoms with van der Waals surface area (Å²) in [5, 5.41) is 3.42. The van der Waals surface area contributed by atoms with E-state index < -0.39 is 0 Å². The summed E-state index contributed by atoms with van der Waals surface area (Å²) in [4.78, 5) is 11.2. The molecule has 0 spiro atoms. The average Bonchev–Trinajstić information content (AvgIpc) is 2.44. The maximum atomic E-state index is 11.2. The molecule has 1 aliphatic heterocycles. The number of halogens is 1. The number of anilines is 1. The van der Waals surface area contributed by atoms with Gasteiger partial charge in [-0.25, -0.2) is 0 Å². The highest BCUT2D eigenvalue weighted by Crippen LogP contribution is 2.36. The van der Waals surface area contributed by atoms with Crippen molar-refractivity contribution in [2.45, 2.75) is 32.6 Å². The third kappa shape index (κ3) is 1.86. The molecule has 1 aliphatic rings. The van der Waals surface area contributed by atoms with Crippen LogP contribution in [0.2, 0.25) is 5.02 Å². The molecule has 1 aromatic carbocycles. The third-order valence-corrected chi connectivity index (χ3v) is 2.95. The standard InChI is InChI=1S/C12H14ClNO/c1-12(2,3)8-4-7-5-10(15)14-11(7)9(13)6-8/h4,6H,5H2,1-3H3,(H,14,15). The average molecular weight is 224 g/mol. The Kier molecular flexibility index (Phi) is 2.27. The van der Waals surface area contributed by atoms with Crippen LogP contribution in [0.25, 0.3) is 0 Å². The van der Waals surface area contributed by atoms with Crippen LogP contribution in [0.3, 0.4) is 0 Å². The summed E-state index contributed by atoms with van der Waals surface area (Å²) in [5.74, 6) is 0.0259. The summed E-state index contributed by atoms with van der Waals surface area (Å²) in [6, 6.07) is 4.01. The lowest BCUT2D eigenvalue weighted by atomic mass is 9.86. The van der Waals surface area contributed by atoms with E-state index in [1.165, 1.54) is 5.56 Å². The minimum Gasteiger partial charge on any atom is -0.324 e. The van der Waals surface area contributed by atoms with Crippen LogP contribution in [-0.4, -0.2) is 5.91 Å². The van der Waals surface area contributed by atoms with Crippen molar-refractivity contribution in [1.29, 1.82) is 0 Å². The van der Waals surface area contributed by atoms with Crippen LogP contribution in [0, 0.1) is 0 Å². The first-order valence-corrected chi connectivity index (χ1v) is 5.38. The van der Waals surface area contributed by atoms with Gasteiger partial charge in [-0.3, -0.25) is 4.79 Å². The van der Waals surface area contributed by atoms with E-state index >= 15 is 0 Å². The lowest BCUT2D eigenvalue weighted by Gasteiger charge is -2.20. The molecule has 2 nitrogen and oxygen atoms in total. The number of carbonyl (C=O) groups excluding carboxylic acids is 1. The van der Waals surface area contributed by atoms with Gasteiger partial charge in [-0.15, -0.1) is 0 Å². The molecular formula is C12H14ClNO. The molecular weight excluding hydrogens is 210 g/mol. The zero-order chi connectivity index (χ0) is 11.2. The molecule has 1 amide bonds. The zero-order valence-electron chi connectivity index (χ0n) is 9.15. The summed E-state index contributed by atoms with van der Waals surface area (Å²) in [7, 11) is 0. The third-order valence-electron chi connectivity index (χ3n) is 2.65. The molecule has 0 radical (unpaired) electrons. The summed E-state index contributed by atoms with van der Waals surface area (Å²) < 4.78 is 0. The molecule has 80 valence electrons. The Labute approximate surface area is 94.6 Å². The van der Waals surface area contributed by atoms with Gasteiger partial charge in [0.2, 0.25) is 5.91 Å². The summed E-state index contributed by atoms with van der Waals surface area (Å²) in [6.07, 6.45) is 0.443. The van der Waals surface area contributed by atoms with Crippen molar-refractivity contribution in [2.24, 2.45) is 0 Å². The number of carbonyl (C=O) groups is 1. The van der Waals surface area contributed by atoms with Crippen molar-refractivity contribution >= 4 is 23.2 Å². The van der Waals surface area contributed by atoms with Gasteiger partial charge in [-0.05, 0) is 22.6 Å². The Morgan fingerprint density at radius 2 is 2.00 bits per heavy atom. The Morgan fingerprint density at radius 3 is 2.60 bits per heavy atom. The quantitative estimate of drug-likeness (QED) is 0.720. The predicted octanol–water partition coefficient (Wildman–Crippen LogP) is 3.13. The van der Waals surface area contributed by atoms with E-state index in [0.29, 0.717) is 11.4 Å². The number of nitrogens with one attached hydrogen (secondary N) is 1. The molecule has 1 aromatic rings. The second kappa shape index (κ2) is 3.24. The van der Waals surface area contributed by atoms with Crippen LogP contribution in [0.4, 0.5) is 5.69 Å². The van der Waals surface area contributed by atoms with Crippen molar-refractivity contribution in [3.63, 3.8) is 0 Å². The van der Waals surface area contributed by atoms with Gasteiger partial charge in [-0.2, -0.15) is 0 Å². The molecule has 15 heavy (non-hydrogen) atoms. The Morgan fingerprint density at radius 1 is 1.33 bits per heavy atom. The van der Waals surface area contributed by atoms with Crippen LogP contribution >= 0.6 is 11.6 Å². The zero-order valence-corrected chi connectivity index (χ0v) is 9.90. The Bertz CT molecular complexity index is 432. The topological polar surface area (TPSA) is 29.1 Å². The maximum absolute atomic E-state index is 11.2. The number of hydrogen-bond donors (Lipinski definition) is 1. The van der Waals surface area contributed by atoms with Gasteiger partial charge in [0.25, 0.3) is 0 Å². The van der Waals surface area contributed by atoms with Crippen LogP contribution in [0.1, 0.15) is 31.9 Å². The lowest BCUT2D eigenvalue weighted by Crippen LogP contribution is -2.11. The maximum Gasteiger partial charge on any atom is 0.228 e. The molecule has 0 aromatic heterocycles. The first-order valence-electron chi connectivity index (χ1n) is 5.00. The smallest absolute Gasteiger partial charge is 0.228 e. The monoisotopic (exact) mass is 223 g/mol. The lowest BCUT2D eigenvalue weighted by molar-refractivity contribution is -0.115. The van der Waals surface area contributed by atoms with Crippen molar-refractivity contribution in [3.05, 3.63) is 28.3 Å². The predicted molar refractivity (Wildman–Crippen MR) is 62.5 cm³/mol. The highest BCUT2D eigenvalue weighted by molar-refractivity contribution is 6.34. The molecule has 0 atom stereocenters. The van der Waals surface area contributed by atoms with Gasteiger partial charge in [-0.1, -0.05) is 38.4 Å². The van der Waals surface area contributed by atoms with E-state index in [9.17, 15) is 4.79 Å². The van der Waals surface area contributed by atoms with Gasteiger partial charge in [0.05, 0.1) is 17.1 Å². The minimum atomic E-state index is 0.0259. The minimum absolute atomic E-state index is 0.0259. The number of amides is 1. The summed E-state index contributed by atoms with van der Waals surface area (Å²) in [5.41, 5.74) is 3.03. The van der Waals surface area contributed by atoms with Crippen LogP contribution < -0.4 is 5.32 Å². The van der Waals surface area contributed by atoms with Gasteiger partial charge < -0.3 is 5.32 Å². The molecule has 3 heteroatoms. The van der Waals surface area contributed by atoms with Crippen LogP contribution in [-0.2, 0) is 16.6 Å². The molecule has 2 rings (SSSR count). The molecule has 0 bridgehead atoms. The normalized spacial score (nSPS) is 15.1. The largest absolute Gasteiger partial charge is 0.324 e. The fourth-order valence-corrected chi connectivity index (χ4v) is 2.02. The van der Waals surface area contributed by atoms with E-state index in [1.54, 1.807) is 0 Å². The number of fused-ring (bicyclic) bond motifs is 1. The second-order valence-corrected chi connectivity index (χ2v) is 5.37. The molecule has 0 fully saturated rings. The Hall–Kier alpha value is -1.02.